The van der Waals surface area contributed by atoms with Gasteiger partial charge in [0.15, 0.2) is 0 Å². The van der Waals surface area contributed by atoms with Gasteiger partial charge in [-0.25, -0.2) is 4.79 Å². The third-order valence-corrected chi connectivity index (χ3v) is 13.5. The van der Waals surface area contributed by atoms with Crippen molar-refractivity contribution in [1.82, 2.24) is 4.57 Å². The maximum Gasteiger partial charge on any atom is 0.335 e. The molecule has 0 aliphatic carbocycles. The summed E-state index contributed by atoms with van der Waals surface area (Å²) in [6.45, 7) is 18.8. The van der Waals surface area contributed by atoms with E-state index < -0.39 is 5.97 Å². The Balaban J connectivity index is 1.28. The van der Waals surface area contributed by atoms with Crippen molar-refractivity contribution < 1.29 is 19.4 Å². The molecule has 0 saturated carbocycles. The Morgan fingerprint density at radius 2 is 0.968 bits per heavy atom. The van der Waals surface area contributed by atoms with Crippen molar-refractivity contribution in [1.29, 1.82) is 0 Å². The van der Waals surface area contributed by atoms with Crippen LogP contribution in [0.2, 0.25) is 0 Å². The fraction of sp³-hybridized carbons (Fsp3) is 0.351. The molecule has 0 fully saturated rings. The number of benzene rings is 6. The van der Waals surface area contributed by atoms with E-state index in [1.807, 2.05) is 19.9 Å². The van der Waals surface area contributed by atoms with Crippen molar-refractivity contribution >= 4 is 27.8 Å². The molecule has 322 valence electrons. The van der Waals surface area contributed by atoms with E-state index in [1.165, 1.54) is 60.4 Å². The summed E-state index contributed by atoms with van der Waals surface area (Å²) in [6, 6.07) is 39.0. The Morgan fingerprint density at radius 1 is 0.532 bits per heavy atom. The van der Waals surface area contributed by atoms with Gasteiger partial charge in [0, 0.05) is 16.5 Å². The molecule has 2 unspecified atom stereocenters. The van der Waals surface area contributed by atoms with Crippen LogP contribution in [-0.2, 0) is 0 Å². The number of carboxylic acid groups (broad SMARTS) is 1. The van der Waals surface area contributed by atoms with Gasteiger partial charge >= 0.3 is 5.97 Å². The maximum atomic E-state index is 11.9. The van der Waals surface area contributed by atoms with Gasteiger partial charge in [0.1, 0.15) is 11.5 Å². The van der Waals surface area contributed by atoms with Crippen molar-refractivity contribution in [3.8, 4) is 50.6 Å². The van der Waals surface area contributed by atoms with Gasteiger partial charge in [0.05, 0.1) is 29.8 Å². The number of unbranched alkanes of at least 4 members (excludes halogenated alkanes) is 2. The number of rotatable bonds is 19. The van der Waals surface area contributed by atoms with E-state index in [0.29, 0.717) is 17.4 Å². The summed E-state index contributed by atoms with van der Waals surface area (Å²) in [4.78, 5) is 11.9. The van der Waals surface area contributed by atoms with Crippen LogP contribution in [0.15, 0.2) is 109 Å². The molecule has 0 aliphatic heterocycles. The third kappa shape index (κ3) is 9.33. The summed E-state index contributed by atoms with van der Waals surface area (Å²) in [5, 5.41) is 12.2. The van der Waals surface area contributed by atoms with E-state index >= 15 is 0 Å². The van der Waals surface area contributed by atoms with E-state index in [-0.39, 0.29) is 0 Å². The second-order valence-electron chi connectivity index (χ2n) is 17.4. The van der Waals surface area contributed by atoms with Crippen LogP contribution in [-0.4, -0.2) is 28.9 Å². The van der Waals surface area contributed by atoms with Crippen LogP contribution < -0.4 is 9.47 Å². The van der Waals surface area contributed by atoms with E-state index in [4.69, 9.17) is 9.47 Å². The molecule has 5 nitrogen and oxygen atoms in total. The lowest BCUT2D eigenvalue weighted by molar-refractivity contribution is 0.0696. The standard InChI is InChI=1S/C57H65NO4/c1-9-13-15-41(11-3)35-61-47-23-17-43(18-24-47)45-21-30-55-52(33-45)53-34-46(44-19-25-48(26-20-44)62-36-42(12-4)16-14-10-2)22-31-56(53)58(55)54-32-29-50(39(7)40(54)8)49-27-28-51(57(59)60)38(6)37(49)5/h17-34,41-42H,9-16,35-36H2,1-8H3,(H,59,60). The zero-order valence-electron chi connectivity index (χ0n) is 38.2. The predicted molar refractivity (Wildman–Crippen MR) is 261 cm³/mol. The molecule has 1 heterocycles. The monoisotopic (exact) mass is 827 g/mol. The molecule has 1 N–H and O–H groups in total. The van der Waals surface area contributed by atoms with Crippen molar-refractivity contribution in [3.05, 3.63) is 137 Å². The highest BCUT2D eigenvalue weighted by Gasteiger charge is 2.20. The first-order chi connectivity index (χ1) is 30.1. The number of aromatic carboxylic acids is 1. The van der Waals surface area contributed by atoms with Crippen LogP contribution in [0.25, 0.3) is 60.9 Å². The highest BCUT2D eigenvalue weighted by molar-refractivity contribution is 6.12. The lowest BCUT2D eigenvalue weighted by atomic mass is 9.89. The number of hydrogen-bond acceptors (Lipinski definition) is 3. The summed E-state index contributed by atoms with van der Waals surface area (Å²) >= 11 is 0. The van der Waals surface area contributed by atoms with Crippen molar-refractivity contribution in [3.63, 3.8) is 0 Å². The number of ether oxygens (including phenoxy) is 2. The molecule has 7 rings (SSSR count). The van der Waals surface area contributed by atoms with Gasteiger partial charge in [0.2, 0.25) is 0 Å². The van der Waals surface area contributed by atoms with Crippen LogP contribution in [0.4, 0.5) is 0 Å². The van der Waals surface area contributed by atoms with Gasteiger partial charge in [-0.05, 0) is 169 Å². The van der Waals surface area contributed by atoms with Crippen molar-refractivity contribution in [2.45, 2.75) is 107 Å². The van der Waals surface area contributed by atoms with Gasteiger partial charge in [0.25, 0.3) is 0 Å². The topological polar surface area (TPSA) is 60.7 Å². The molecule has 0 spiro atoms. The van der Waals surface area contributed by atoms with Crippen LogP contribution in [0.1, 0.15) is 112 Å². The second-order valence-corrected chi connectivity index (χ2v) is 17.4. The molecule has 5 heteroatoms. The number of carbonyl (C=O) groups is 1. The first-order valence-corrected chi connectivity index (χ1v) is 23.1. The normalized spacial score (nSPS) is 12.5. The minimum absolute atomic E-state index is 0.348. The van der Waals surface area contributed by atoms with Crippen LogP contribution in [0.3, 0.4) is 0 Å². The zero-order valence-corrected chi connectivity index (χ0v) is 38.2. The number of carboxylic acids is 1. The average molecular weight is 828 g/mol. The Bertz CT molecular complexity index is 2530. The molecule has 0 aliphatic rings. The summed E-state index contributed by atoms with van der Waals surface area (Å²) < 4.78 is 15.0. The molecule has 6 aromatic carbocycles. The van der Waals surface area contributed by atoms with E-state index in [9.17, 15) is 9.90 Å². The quantitative estimate of drug-likeness (QED) is 0.0882. The zero-order chi connectivity index (χ0) is 43.9. The molecule has 0 bridgehead atoms. The van der Waals surface area contributed by atoms with Crippen LogP contribution >= 0.6 is 0 Å². The van der Waals surface area contributed by atoms with Gasteiger partial charge in [-0.3, -0.25) is 0 Å². The van der Waals surface area contributed by atoms with E-state index in [2.05, 4.69) is 143 Å². The molecule has 0 saturated heterocycles. The van der Waals surface area contributed by atoms with Crippen LogP contribution in [0, 0.1) is 39.5 Å². The summed E-state index contributed by atoms with van der Waals surface area (Å²) in [5.41, 5.74) is 14.7. The lowest BCUT2D eigenvalue weighted by Crippen LogP contribution is -2.11. The third-order valence-electron chi connectivity index (χ3n) is 13.5. The lowest BCUT2D eigenvalue weighted by Gasteiger charge is -2.19. The number of fused-ring (bicyclic) bond motifs is 3. The number of nitrogens with zero attached hydrogens (tertiary/aromatic N) is 1. The highest BCUT2D eigenvalue weighted by Crippen LogP contribution is 2.40. The predicted octanol–water partition coefficient (Wildman–Crippen LogP) is 15.9. The van der Waals surface area contributed by atoms with Gasteiger partial charge < -0.3 is 19.1 Å². The highest BCUT2D eigenvalue weighted by atomic mass is 16.5. The number of aromatic nitrogens is 1. The molecule has 0 radical (unpaired) electrons. The SMILES string of the molecule is CCCCC(CC)COc1ccc(-c2ccc3c(c2)c2cc(-c4ccc(OCC(CC)CCCC)cc4)ccc2n3-c2ccc(-c3ccc(C(=O)O)c(C)c3C)c(C)c2C)cc1. The minimum atomic E-state index is -0.897. The molecule has 62 heavy (non-hydrogen) atoms. The van der Waals surface area contributed by atoms with E-state index in [1.54, 1.807) is 6.07 Å². The first-order valence-electron chi connectivity index (χ1n) is 23.1. The fourth-order valence-corrected chi connectivity index (χ4v) is 9.04. The largest absolute Gasteiger partial charge is 0.493 e. The summed E-state index contributed by atoms with van der Waals surface area (Å²) in [5.74, 6) is 2.11. The van der Waals surface area contributed by atoms with Gasteiger partial charge in [-0.15, -0.1) is 0 Å². The Labute approximate surface area is 369 Å². The smallest absolute Gasteiger partial charge is 0.335 e. The summed E-state index contributed by atoms with van der Waals surface area (Å²) in [6.07, 6.45) is 9.62. The number of hydrogen-bond donors (Lipinski definition) is 1. The molecule has 0 amide bonds. The Kier molecular flexibility index (Phi) is 14.2. The molecular formula is C57H65NO4. The molecule has 7 aromatic rings. The fourth-order valence-electron chi connectivity index (χ4n) is 9.04. The molecular weight excluding hydrogens is 763 g/mol. The summed E-state index contributed by atoms with van der Waals surface area (Å²) in [7, 11) is 0. The minimum Gasteiger partial charge on any atom is -0.493 e. The average Bonchev–Trinajstić information content (AvgIpc) is 3.61. The first kappa shape index (κ1) is 44.3. The van der Waals surface area contributed by atoms with Gasteiger partial charge in [-0.1, -0.05) is 115 Å². The van der Waals surface area contributed by atoms with E-state index in [0.717, 1.165) is 98.8 Å². The second kappa shape index (κ2) is 19.9. The molecule has 1 aromatic heterocycles. The maximum absolute atomic E-state index is 11.9. The van der Waals surface area contributed by atoms with Gasteiger partial charge in [-0.2, -0.15) is 0 Å². The Morgan fingerprint density at radius 3 is 1.40 bits per heavy atom. The molecule has 2 atom stereocenters. The van der Waals surface area contributed by atoms with Crippen LogP contribution in [0.5, 0.6) is 11.5 Å². The van der Waals surface area contributed by atoms with Crippen molar-refractivity contribution in [2.24, 2.45) is 11.8 Å². The van der Waals surface area contributed by atoms with Crippen molar-refractivity contribution in [2.75, 3.05) is 13.2 Å². The Hall–Kier alpha value is -5.81.